The Bertz CT molecular complexity index is 722. The van der Waals surface area contributed by atoms with Crippen LogP contribution >= 0.6 is 0 Å². The first-order chi connectivity index (χ1) is 8.68. The summed E-state index contributed by atoms with van der Waals surface area (Å²) in [7, 11) is 11.7. The summed E-state index contributed by atoms with van der Waals surface area (Å²) in [6.07, 6.45) is 0. The molecule has 0 amide bonds. The lowest BCUT2D eigenvalue weighted by Gasteiger charge is -2.24. The molecule has 0 aliphatic heterocycles. The van der Waals surface area contributed by atoms with Crippen LogP contribution < -0.4 is 4.74 Å². The van der Waals surface area contributed by atoms with Crippen molar-refractivity contribution in [3.8, 4) is 5.75 Å². The molecule has 2 aromatic carbocycles. The fraction of sp³-hybridized carbons (Fsp3) is 0.0909. The first-order valence-electron chi connectivity index (χ1n) is 5.23. The lowest BCUT2D eigenvalue weighted by molar-refractivity contribution is 0.322. The number of fused-ring (bicyclic) bond motifs is 1. The van der Waals surface area contributed by atoms with Gasteiger partial charge in [0.1, 0.15) is 34.2 Å². The van der Waals surface area contributed by atoms with Gasteiger partial charge in [-0.2, -0.15) is 8.42 Å². The van der Waals surface area contributed by atoms with Crippen LogP contribution in [0, 0.1) is 0 Å². The van der Waals surface area contributed by atoms with E-state index in [9.17, 15) is 8.42 Å². The maximum atomic E-state index is 11.3. The SMILES string of the molecule is [B]C([B])([B])Oc1ccc(S(=O)(=O)O)c2ccccc12. The minimum atomic E-state index is -4.34. The number of hydrogen-bond acceptors (Lipinski definition) is 3. The molecular weight excluding hydrogens is 261 g/mol. The molecule has 2 aromatic rings. The van der Waals surface area contributed by atoms with E-state index in [2.05, 4.69) is 0 Å². The third-order valence-electron chi connectivity index (χ3n) is 2.41. The van der Waals surface area contributed by atoms with E-state index in [0.29, 0.717) is 5.39 Å². The second-order valence-corrected chi connectivity index (χ2v) is 5.43. The Hall–Kier alpha value is -1.40. The van der Waals surface area contributed by atoms with Gasteiger partial charge >= 0.3 is 0 Å². The Kier molecular flexibility index (Phi) is 3.41. The van der Waals surface area contributed by atoms with Crippen molar-refractivity contribution in [2.45, 2.75) is 10.2 Å². The van der Waals surface area contributed by atoms with E-state index in [-0.39, 0.29) is 16.0 Å². The summed E-state index contributed by atoms with van der Waals surface area (Å²) in [6.45, 7) is 0. The van der Waals surface area contributed by atoms with E-state index >= 15 is 0 Å². The van der Waals surface area contributed by atoms with Gasteiger partial charge < -0.3 is 4.74 Å². The molecule has 0 unspecified atom stereocenters. The molecule has 0 heterocycles. The maximum absolute atomic E-state index is 11.3. The molecule has 90 valence electrons. The molecule has 0 atom stereocenters. The topological polar surface area (TPSA) is 63.6 Å². The highest BCUT2D eigenvalue weighted by Crippen LogP contribution is 2.31. The van der Waals surface area contributed by atoms with E-state index in [4.69, 9.17) is 32.8 Å². The second kappa shape index (κ2) is 4.61. The van der Waals surface area contributed by atoms with Crippen LogP contribution in [0.5, 0.6) is 5.75 Å². The van der Waals surface area contributed by atoms with E-state index in [1.165, 1.54) is 18.2 Å². The average Bonchev–Trinajstić information content (AvgIpc) is 2.25. The van der Waals surface area contributed by atoms with Gasteiger partial charge in [-0.15, -0.1) is 0 Å². The van der Waals surface area contributed by atoms with Crippen LogP contribution in [0.15, 0.2) is 41.3 Å². The van der Waals surface area contributed by atoms with Gasteiger partial charge in [0.05, 0.1) is 0 Å². The van der Waals surface area contributed by atoms with Crippen molar-refractivity contribution in [2.75, 3.05) is 0 Å². The largest absolute Gasteiger partial charge is 0.515 e. The first-order valence-corrected chi connectivity index (χ1v) is 6.67. The first kappa shape index (κ1) is 14.0. The Labute approximate surface area is 115 Å². The Morgan fingerprint density at radius 3 is 2.11 bits per heavy atom. The van der Waals surface area contributed by atoms with Crippen molar-refractivity contribution in [3.63, 3.8) is 0 Å². The van der Waals surface area contributed by atoms with E-state index in [1.54, 1.807) is 18.2 Å². The lowest BCUT2D eigenvalue weighted by atomic mass is 9.52. The standard InChI is InChI=1S/C11H7B3O4S/c12-11(13,14)18-9-5-6-10(19(15,16)17)8-4-2-1-3-7(8)9/h1-6H,(H,15,16,17). The summed E-state index contributed by atoms with van der Waals surface area (Å²) in [5, 5.41) is -1.18. The molecular formula is C11H7B3O4S. The second-order valence-electron chi connectivity index (χ2n) is 4.04. The maximum Gasteiger partial charge on any atom is 0.295 e. The molecule has 6 radical (unpaired) electrons. The van der Waals surface area contributed by atoms with Gasteiger partial charge in [0, 0.05) is 10.8 Å². The molecule has 0 aromatic heterocycles. The number of benzene rings is 2. The van der Waals surface area contributed by atoms with Crippen LogP contribution in [0.2, 0.25) is 0 Å². The summed E-state index contributed by atoms with van der Waals surface area (Å²) >= 11 is 0. The van der Waals surface area contributed by atoms with Gasteiger partial charge in [-0.1, -0.05) is 24.3 Å². The molecule has 0 saturated heterocycles. The van der Waals surface area contributed by atoms with Crippen molar-refractivity contribution < 1.29 is 17.7 Å². The van der Waals surface area contributed by atoms with Crippen LogP contribution in [0.3, 0.4) is 0 Å². The van der Waals surface area contributed by atoms with Crippen LogP contribution in [-0.4, -0.2) is 41.8 Å². The molecule has 0 spiro atoms. The lowest BCUT2D eigenvalue weighted by Crippen LogP contribution is -2.37. The monoisotopic (exact) mass is 268 g/mol. The van der Waals surface area contributed by atoms with Crippen molar-refractivity contribution in [3.05, 3.63) is 36.4 Å². The van der Waals surface area contributed by atoms with Crippen molar-refractivity contribution >= 4 is 44.4 Å². The highest BCUT2D eigenvalue weighted by atomic mass is 32.2. The molecule has 4 nitrogen and oxygen atoms in total. The summed E-state index contributed by atoms with van der Waals surface area (Å²) in [6, 6.07) is 8.95. The van der Waals surface area contributed by atoms with Crippen LogP contribution in [0.4, 0.5) is 0 Å². The number of rotatable bonds is 3. The Morgan fingerprint density at radius 2 is 1.58 bits per heavy atom. The van der Waals surface area contributed by atoms with Crippen molar-refractivity contribution in [1.82, 2.24) is 0 Å². The summed E-state index contributed by atoms with van der Waals surface area (Å²) in [5.41, 5.74) is 0. The predicted octanol–water partition coefficient (Wildman–Crippen LogP) is 0.582. The molecule has 0 aliphatic carbocycles. The summed E-state index contributed by atoms with van der Waals surface area (Å²) in [5.74, 6) is 0.218. The zero-order chi connectivity index (χ0) is 14.3. The van der Waals surface area contributed by atoms with E-state index < -0.39 is 15.4 Å². The molecule has 2 rings (SSSR count). The van der Waals surface area contributed by atoms with Gasteiger partial charge in [-0.05, 0) is 17.4 Å². The number of ether oxygens (including phenoxy) is 1. The van der Waals surface area contributed by atoms with Crippen LogP contribution in [0.1, 0.15) is 0 Å². The van der Waals surface area contributed by atoms with E-state index in [0.717, 1.165) is 0 Å². The normalized spacial score (nSPS) is 12.5. The number of hydrogen-bond donors (Lipinski definition) is 1. The van der Waals surface area contributed by atoms with Gasteiger partial charge in [-0.3, -0.25) is 4.55 Å². The minimum absolute atomic E-state index is 0.218. The molecule has 0 saturated carbocycles. The zero-order valence-electron chi connectivity index (χ0n) is 9.78. The smallest absolute Gasteiger partial charge is 0.295 e. The van der Waals surface area contributed by atoms with Gasteiger partial charge in [0.25, 0.3) is 10.1 Å². The molecule has 0 aliphatic rings. The Balaban J connectivity index is 2.72. The van der Waals surface area contributed by atoms with Crippen LogP contribution in [-0.2, 0) is 10.1 Å². The zero-order valence-corrected chi connectivity index (χ0v) is 10.6. The van der Waals surface area contributed by atoms with Crippen LogP contribution in [0.25, 0.3) is 10.8 Å². The molecule has 19 heavy (non-hydrogen) atoms. The molecule has 8 heteroatoms. The summed E-state index contributed by atoms with van der Waals surface area (Å²) in [4.78, 5) is -0.230. The van der Waals surface area contributed by atoms with Gasteiger partial charge in [0.15, 0.2) is 0 Å². The third kappa shape index (κ3) is 3.14. The van der Waals surface area contributed by atoms with Gasteiger partial charge in [-0.25, -0.2) is 0 Å². The van der Waals surface area contributed by atoms with Gasteiger partial charge in [0.2, 0.25) is 0 Å². The Morgan fingerprint density at radius 1 is 1.00 bits per heavy atom. The summed E-state index contributed by atoms with van der Waals surface area (Å²) < 4.78 is 36.9. The quantitative estimate of drug-likeness (QED) is 0.653. The third-order valence-corrected chi connectivity index (χ3v) is 3.32. The molecule has 1 N–H and O–H groups in total. The fourth-order valence-corrected chi connectivity index (χ4v) is 2.44. The van der Waals surface area contributed by atoms with E-state index in [1.807, 2.05) is 0 Å². The molecule has 0 bridgehead atoms. The highest BCUT2D eigenvalue weighted by molar-refractivity contribution is 7.86. The minimum Gasteiger partial charge on any atom is -0.515 e. The average molecular weight is 268 g/mol. The van der Waals surface area contributed by atoms with Crippen molar-refractivity contribution in [1.29, 1.82) is 0 Å². The molecule has 0 fully saturated rings. The predicted molar refractivity (Wildman–Crippen MR) is 74.4 cm³/mol. The fourth-order valence-electron chi connectivity index (χ4n) is 1.75. The highest BCUT2D eigenvalue weighted by Gasteiger charge is 2.18. The van der Waals surface area contributed by atoms with Crippen molar-refractivity contribution in [2.24, 2.45) is 0 Å².